The fraction of sp³-hybridized carbons (Fsp3) is 0.786. The summed E-state index contributed by atoms with van der Waals surface area (Å²) >= 11 is 0. The highest BCUT2D eigenvalue weighted by molar-refractivity contribution is 8.76. The Kier molecular flexibility index (Phi) is 12.0. The lowest BCUT2D eigenvalue weighted by Crippen LogP contribution is -2.30. The maximum Gasteiger partial charge on any atom is 0.221 e. The van der Waals surface area contributed by atoms with Gasteiger partial charge in [-0.05, 0) is 19.8 Å². The zero-order valence-electron chi connectivity index (χ0n) is 12.8. The summed E-state index contributed by atoms with van der Waals surface area (Å²) in [5.74, 6) is 2.22. The Balaban J connectivity index is 3.44. The van der Waals surface area contributed by atoms with Crippen molar-refractivity contribution in [2.75, 3.05) is 18.1 Å². The van der Waals surface area contributed by atoms with Crippen molar-refractivity contribution in [2.45, 2.75) is 46.6 Å². The standard InChI is InChI=1S/C14H26N2O2S2/c1-11(2)9-15-10-13(17)5-7-19-20-8-6-14(18)16-12(3)4/h9,11-12H,5-8,10H2,1-4H3,(H,16,18). The number of carbonyl (C=O) groups excluding carboxylic acids is 2. The molecule has 0 aromatic heterocycles. The molecule has 0 rings (SSSR count). The average molecular weight is 319 g/mol. The minimum Gasteiger partial charge on any atom is -0.354 e. The molecule has 0 heterocycles. The van der Waals surface area contributed by atoms with Crippen molar-refractivity contribution in [1.29, 1.82) is 0 Å². The second-order valence-corrected chi connectivity index (χ2v) is 7.84. The maximum absolute atomic E-state index is 11.5. The molecule has 1 amide bonds. The van der Waals surface area contributed by atoms with Gasteiger partial charge in [0.2, 0.25) is 5.91 Å². The van der Waals surface area contributed by atoms with Crippen LogP contribution < -0.4 is 5.32 Å². The molecule has 4 nitrogen and oxygen atoms in total. The van der Waals surface area contributed by atoms with Crippen LogP contribution in [-0.4, -0.2) is 42.0 Å². The van der Waals surface area contributed by atoms with E-state index in [0.717, 1.165) is 11.5 Å². The monoisotopic (exact) mass is 318 g/mol. The molecule has 0 fully saturated rings. The molecule has 0 unspecified atom stereocenters. The van der Waals surface area contributed by atoms with Crippen LogP contribution in [-0.2, 0) is 9.59 Å². The predicted molar refractivity (Wildman–Crippen MR) is 90.6 cm³/mol. The molecule has 0 saturated heterocycles. The Labute approximate surface area is 130 Å². The normalized spacial score (nSPS) is 11.5. The van der Waals surface area contributed by atoms with E-state index in [0.29, 0.717) is 25.3 Å². The van der Waals surface area contributed by atoms with Gasteiger partial charge in [-0.3, -0.25) is 14.6 Å². The second kappa shape index (κ2) is 12.3. The molecular formula is C14H26N2O2S2. The molecule has 6 heteroatoms. The highest BCUT2D eigenvalue weighted by Crippen LogP contribution is 2.22. The van der Waals surface area contributed by atoms with Gasteiger partial charge in [0.05, 0.1) is 6.54 Å². The van der Waals surface area contributed by atoms with Gasteiger partial charge in [-0.2, -0.15) is 0 Å². The van der Waals surface area contributed by atoms with Gasteiger partial charge in [-0.25, -0.2) is 0 Å². The van der Waals surface area contributed by atoms with Gasteiger partial charge < -0.3 is 5.32 Å². The van der Waals surface area contributed by atoms with Crippen LogP contribution in [0.3, 0.4) is 0 Å². The molecule has 0 radical (unpaired) electrons. The Bertz CT molecular complexity index is 318. The van der Waals surface area contributed by atoms with Crippen molar-refractivity contribution in [2.24, 2.45) is 10.9 Å². The van der Waals surface area contributed by atoms with Gasteiger partial charge in [-0.1, -0.05) is 35.4 Å². The van der Waals surface area contributed by atoms with Crippen LogP contribution in [0.1, 0.15) is 40.5 Å². The summed E-state index contributed by atoms with van der Waals surface area (Å²) in [4.78, 5) is 26.9. The van der Waals surface area contributed by atoms with E-state index >= 15 is 0 Å². The number of rotatable bonds is 11. The molecular weight excluding hydrogens is 292 g/mol. The van der Waals surface area contributed by atoms with E-state index in [2.05, 4.69) is 10.3 Å². The first kappa shape index (κ1) is 19.5. The summed E-state index contributed by atoms with van der Waals surface area (Å²) in [5, 5.41) is 2.85. The van der Waals surface area contributed by atoms with E-state index in [1.807, 2.05) is 33.9 Å². The first-order valence-corrected chi connectivity index (χ1v) is 9.46. The van der Waals surface area contributed by atoms with E-state index in [1.165, 1.54) is 0 Å². The van der Waals surface area contributed by atoms with Gasteiger partial charge in [0, 0.05) is 36.6 Å². The molecule has 0 aromatic rings. The van der Waals surface area contributed by atoms with Crippen LogP contribution in [0.2, 0.25) is 0 Å². The molecule has 0 atom stereocenters. The number of hydrogen-bond donors (Lipinski definition) is 1. The zero-order valence-corrected chi connectivity index (χ0v) is 14.5. The van der Waals surface area contributed by atoms with Crippen LogP contribution in [0.5, 0.6) is 0 Å². The van der Waals surface area contributed by atoms with Crippen molar-refractivity contribution in [3.8, 4) is 0 Å². The molecule has 0 aliphatic rings. The van der Waals surface area contributed by atoms with Crippen molar-refractivity contribution >= 4 is 39.5 Å². The second-order valence-electron chi connectivity index (χ2n) is 5.14. The van der Waals surface area contributed by atoms with Crippen LogP contribution in [0.4, 0.5) is 0 Å². The number of carbonyl (C=O) groups is 2. The topological polar surface area (TPSA) is 58.5 Å². The van der Waals surface area contributed by atoms with E-state index in [9.17, 15) is 9.59 Å². The minimum atomic E-state index is 0.0900. The van der Waals surface area contributed by atoms with Crippen LogP contribution >= 0.6 is 21.6 Å². The van der Waals surface area contributed by atoms with Crippen molar-refractivity contribution in [3.05, 3.63) is 0 Å². The number of nitrogens with one attached hydrogen (secondary N) is 1. The van der Waals surface area contributed by atoms with Crippen molar-refractivity contribution in [1.82, 2.24) is 5.32 Å². The number of ketones is 1. The summed E-state index contributed by atoms with van der Waals surface area (Å²) in [6.07, 6.45) is 2.89. The van der Waals surface area contributed by atoms with Gasteiger partial charge in [0.1, 0.15) is 0 Å². The lowest BCUT2D eigenvalue weighted by molar-refractivity contribution is -0.121. The molecule has 20 heavy (non-hydrogen) atoms. The quantitative estimate of drug-likeness (QED) is 0.361. The molecule has 0 aliphatic heterocycles. The van der Waals surface area contributed by atoms with E-state index in [1.54, 1.807) is 21.6 Å². The number of hydrogen-bond acceptors (Lipinski definition) is 5. The lowest BCUT2D eigenvalue weighted by atomic mass is 10.2. The summed E-state index contributed by atoms with van der Waals surface area (Å²) < 4.78 is 0. The van der Waals surface area contributed by atoms with Crippen molar-refractivity contribution < 1.29 is 9.59 Å². The summed E-state index contributed by atoms with van der Waals surface area (Å²) in [6.45, 7) is 8.27. The number of Topliss-reactive ketones (excluding diaryl/α,β-unsaturated/α-hetero) is 1. The SMILES string of the molecule is CC(C)C=NCC(=O)CCSSCCC(=O)NC(C)C. The number of nitrogens with zero attached hydrogens (tertiary/aromatic N) is 1. The van der Waals surface area contributed by atoms with Crippen LogP contribution in [0.25, 0.3) is 0 Å². The molecule has 0 bridgehead atoms. The minimum absolute atomic E-state index is 0.0900. The fourth-order valence-electron chi connectivity index (χ4n) is 1.25. The largest absolute Gasteiger partial charge is 0.354 e. The van der Waals surface area contributed by atoms with Crippen LogP contribution in [0.15, 0.2) is 4.99 Å². The number of amides is 1. The molecule has 0 spiro atoms. The van der Waals surface area contributed by atoms with Gasteiger partial charge in [-0.15, -0.1) is 0 Å². The Hall–Kier alpha value is -0.490. The maximum atomic E-state index is 11.5. The molecule has 0 saturated carbocycles. The van der Waals surface area contributed by atoms with E-state index in [-0.39, 0.29) is 17.7 Å². The predicted octanol–water partition coefficient (Wildman–Crippen LogP) is 2.97. The first-order valence-electron chi connectivity index (χ1n) is 6.97. The smallest absolute Gasteiger partial charge is 0.221 e. The Morgan fingerprint density at radius 2 is 1.70 bits per heavy atom. The third-order valence-electron chi connectivity index (χ3n) is 2.08. The third kappa shape index (κ3) is 13.9. The third-order valence-corrected chi connectivity index (χ3v) is 4.49. The highest BCUT2D eigenvalue weighted by Gasteiger charge is 2.04. The van der Waals surface area contributed by atoms with Gasteiger partial charge in [0.25, 0.3) is 0 Å². The van der Waals surface area contributed by atoms with Gasteiger partial charge >= 0.3 is 0 Å². The molecule has 0 aliphatic carbocycles. The molecule has 1 N–H and O–H groups in total. The van der Waals surface area contributed by atoms with E-state index < -0.39 is 0 Å². The summed E-state index contributed by atoms with van der Waals surface area (Å²) in [7, 11) is 3.29. The zero-order chi connectivity index (χ0) is 15.4. The first-order chi connectivity index (χ1) is 9.41. The van der Waals surface area contributed by atoms with E-state index in [4.69, 9.17) is 0 Å². The molecule has 0 aromatic carbocycles. The average Bonchev–Trinajstić information content (AvgIpc) is 2.32. The summed E-state index contributed by atoms with van der Waals surface area (Å²) in [6, 6.07) is 0.198. The Morgan fingerprint density at radius 3 is 2.25 bits per heavy atom. The number of aliphatic imine (C=N–C) groups is 1. The molecule has 116 valence electrons. The van der Waals surface area contributed by atoms with Gasteiger partial charge in [0.15, 0.2) is 5.78 Å². The van der Waals surface area contributed by atoms with Crippen LogP contribution in [0, 0.1) is 5.92 Å². The fourth-order valence-corrected chi connectivity index (χ4v) is 3.27. The van der Waals surface area contributed by atoms with Crippen molar-refractivity contribution in [3.63, 3.8) is 0 Å². The highest BCUT2D eigenvalue weighted by atomic mass is 33.1. The Morgan fingerprint density at radius 1 is 1.10 bits per heavy atom. The summed E-state index contributed by atoms with van der Waals surface area (Å²) in [5.41, 5.74) is 0. The lowest BCUT2D eigenvalue weighted by Gasteiger charge is -2.07.